The second-order valence-corrected chi connectivity index (χ2v) is 4.15. The quantitative estimate of drug-likeness (QED) is 0.795. The van der Waals surface area contributed by atoms with Crippen molar-refractivity contribution < 1.29 is 5.11 Å². The van der Waals surface area contributed by atoms with Gasteiger partial charge < -0.3 is 5.11 Å². The number of hydrogen-bond donors (Lipinski definition) is 1. The van der Waals surface area contributed by atoms with Crippen molar-refractivity contribution in [2.24, 2.45) is 4.99 Å². The van der Waals surface area contributed by atoms with Crippen LogP contribution in [0, 0.1) is 0 Å². The smallest absolute Gasteiger partial charge is 0.132 e. The Hall–Kier alpha value is -1.83. The number of nitrogens with zero attached hydrogens (tertiary/aromatic N) is 1. The van der Waals surface area contributed by atoms with Gasteiger partial charge in [0, 0.05) is 23.2 Å². The van der Waals surface area contributed by atoms with Crippen molar-refractivity contribution in [3.8, 4) is 5.75 Å². The fourth-order valence-electron chi connectivity index (χ4n) is 1.91. The Morgan fingerprint density at radius 2 is 1.94 bits per heavy atom. The molecule has 0 spiro atoms. The minimum atomic E-state index is 0.334. The number of rotatable bonds is 3. The monoisotopic (exact) mass is 227 g/mol. The second-order valence-electron chi connectivity index (χ2n) is 4.15. The lowest BCUT2D eigenvalue weighted by molar-refractivity contribution is 0.480. The molecule has 0 aliphatic carbocycles. The zero-order valence-electron chi connectivity index (χ0n) is 10.3. The van der Waals surface area contributed by atoms with E-state index in [0.717, 1.165) is 35.0 Å². The van der Waals surface area contributed by atoms with Crippen molar-refractivity contribution in [1.82, 2.24) is 0 Å². The third-order valence-electron chi connectivity index (χ3n) is 2.86. The molecule has 0 unspecified atom stereocenters. The number of benzene rings is 2. The highest BCUT2D eigenvalue weighted by Gasteiger charge is 2.07. The predicted molar refractivity (Wildman–Crippen MR) is 73.0 cm³/mol. The van der Waals surface area contributed by atoms with Gasteiger partial charge in [-0.05, 0) is 24.8 Å². The van der Waals surface area contributed by atoms with Crippen LogP contribution in [0.1, 0.15) is 25.8 Å². The van der Waals surface area contributed by atoms with Crippen LogP contribution in [0.25, 0.3) is 10.8 Å². The van der Waals surface area contributed by atoms with Gasteiger partial charge >= 0.3 is 0 Å². The van der Waals surface area contributed by atoms with Crippen molar-refractivity contribution in [2.45, 2.75) is 20.3 Å². The van der Waals surface area contributed by atoms with Gasteiger partial charge in [0.1, 0.15) is 5.75 Å². The van der Waals surface area contributed by atoms with Gasteiger partial charge in [-0.15, -0.1) is 0 Å². The van der Waals surface area contributed by atoms with Crippen LogP contribution in [0.15, 0.2) is 41.4 Å². The molecule has 0 fully saturated rings. The van der Waals surface area contributed by atoms with E-state index >= 15 is 0 Å². The topological polar surface area (TPSA) is 32.6 Å². The molecule has 0 radical (unpaired) electrons. The SMILES string of the molecule is CCCN=C(C)c1ccc2ccccc2c1O. The van der Waals surface area contributed by atoms with Gasteiger partial charge in [-0.3, -0.25) is 4.99 Å². The average molecular weight is 227 g/mol. The number of fused-ring (bicyclic) bond motifs is 1. The highest BCUT2D eigenvalue weighted by molar-refractivity contribution is 6.06. The van der Waals surface area contributed by atoms with E-state index in [9.17, 15) is 5.11 Å². The molecule has 0 saturated heterocycles. The van der Waals surface area contributed by atoms with E-state index in [4.69, 9.17) is 0 Å². The third kappa shape index (κ3) is 2.31. The average Bonchev–Trinajstić information content (AvgIpc) is 2.37. The van der Waals surface area contributed by atoms with Crippen molar-refractivity contribution >= 4 is 16.5 Å². The first-order chi connectivity index (χ1) is 8.24. The zero-order valence-corrected chi connectivity index (χ0v) is 10.3. The molecule has 0 aromatic heterocycles. The van der Waals surface area contributed by atoms with Crippen LogP contribution in [0.4, 0.5) is 0 Å². The molecular weight excluding hydrogens is 210 g/mol. The van der Waals surface area contributed by atoms with E-state index in [2.05, 4.69) is 11.9 Å². The summed E-state index contributed by atoms with van der Waals surface area (Å²) in [5.41, 5.74) is 1.73. The normalized spacial score (nSPS) is 12.0. The highest BCUT2D eigenvalue weighted by atomic mass is 16.3. The molecule has 2 nitrogen and oxygen atoms in total. The van der Waals surface area contributed by atoms with E-state index in [0.29, 0.717) is 5.75 Å². The molecule has 1 N–H and O–H groups in total. The minimum absolute atomic E-state index is 0.334. The van der Waals surface area contributed by atoms with E-state index in [-0.39, 0.29) is 0 Å². The van der Waals surface area contributed by atoms with E-state index in [1.165, 1.54) is 0 Å². The zero-order chi connectivity index (χ0) is 12.3. The number of phenols is 1. The summed E-state index contributed by atoms with van der Waals surface area (Å²) in [6, 6.07) is 11.8. The molecule has 0 aliphatic rings. The maximum absolute atomic E-state index is 10.2. The first-order valence-electron chi connectivity index (χ1n) is 5.96. The summed E-state index contributed by atoms with van der Waals surface area (Å²) in [6.07, 6.45) is 1.02. The van der Waals surface area contributed by atoms with Gasteiger partial charge in [0.25, 0.3) is 0 Å². The molecule has 0 atom stereocenters. The van der Waals surface area contributed by atoms with E-state index in [1.54, 1.807) is 0 Å². The Morgan fingerprint density at radius 3 is 2.71 bits per heavy atom. The predicted octanol–water partition coefficient (Wildman–Crippen LogP) is 3.76. The molecule has 88 valence electrons. The Balaban J connectivity index is 2.53. The Morgan fingerprint density at radius 1 is 1.18 bits per heavy atom. The first-order valence-corrected chi connectivity index (χ1v) is 5.96. The summed E-state index contributed by atoms with van der Waals surface area (Å²) in [6.45, 7) is 4.84. The van der Waals surface area contributed by atoms with Gasteiger partial charge in [0.05, 0.1) is 0 Å². The number of phenolic OH excluding ortho intramolecular Hbond substituents is 1. The molecule has 2 aromatic rings. The molecule has 2 aromatic carbocycles. The lowest BCUT2D eigenvalue weighted by atomic mass is 10.0. The fraction of sp³-hybridized carbons (Fsp3) is 0.267. The number of aliphatic imine (C=N–C) groups is 1. The summed E-state index contributed by atoms with van der Waals surface area (Å²) in [5, 5.41) is 12.2. The lowest BCUT2D eigenvalue weighted by Crippen LogP contribution is -1.97. The van der Waals surface area contributed by atoms with Crippen molar-refractivity contribution in [2.75, 3.05) is 6.54 Å². The molecule has 17 heavy (non-hydrogen) atoms. The van der Waals surface area contributed by atoms with Crippen LogP contribution in [0.3, 0.4) is 0 Å². The summed E-state index contributed by atoms with van der Waals surface area (Å²) in [5.74, 6) is 0.334. The van der Waals surface area contributed by atoms with Crippen molar-refractivity contribution in [1.29, 1.82) is 0 Å². The third-order valence-corrected chi connectivity index (χ3v) is 2.86. The highest BCUT2D eigenvalue weighted by Crippen LogP contribution is 2.28. The molecule has 0 amide bonds. The fourth-order valence-corrected chi connectivity index (χ4v) is 1.91. The van der Waals surface area contributed by atoms with E-state index < -0.39 is 0 Å². The van der Waals surface area contributed by atoms with Gasteiger partial charge in [0.2, 0.25) is 0 Å². The molecule has 2 heteroatoms. The van der Waals surface area contributed by atoms with Gasteiger partial charge in [0.15, 0.2) is 0 Å². The molecule has 2 rings (SSSR count). The minimum Gasteiger partial charge on any atom is -0.507 e. The van der Waals surface area contributed by atoms with E-state index in [1.807, 2.05) is 43.3 Å². The lowest BCUT2D eigenvalue weighted by Gasteiger charge is -2.07. The number of hydrogen-bond acceptors (Lipinski definition) is 2. The van der Waals surface area contributed by atoms with Gasteiger partial charge in [-0.2, -0.15) is 0 Å². The molecule has 0 saturated carbocycles. The van der Waals surface area contributed by atoms with Crippen molar-refractivity contribution in [3.63, 3.8) is 0 Å². The maximum Gasteiger partial charge on any atom is 0.132 e. The van der Waals surface area contributed by atoms with Crippen LogP contribution >= 0.6 is 0 Å². The number of aromatic hydroxyl groups is 1. The molecule has 0 bridgehead atoms. The standard InChI is InChI=1S/C15H17NO/c1-3-10-16-11(2)13-9-8-12-6-4-5-7-14(12)15(13)17/h4-9,17H,3,10H2,1-2H3. The van der Waals surface area contributed by atoms with Crippen molar-refractivity contribution in [3.05, 3.63) is 42.0 Å². The Labute approximate surface area is 102 Å². The summed E-state index contributed by atoms with van der Waals surface area (Å²) in [4.78, 5) is 4.44. The second kappa shape index (κ2) is 5.00. The Kier molecular flexibility index (Phi) is 3.43. The molecule has 0 heterocycles. The molecular formula is C15H17NO. The summed E-state index contributed by atoms with van der Waals surface area (Å²) in [7, 11) is 0. The van der Waals surface area contributed by atoms with Gasteiger partial charge in [-0.1, -0.05) is 37.3 Å². The van der Waals surface area contributed by atoms with Crippen LogP contribution in [0.5, 0.6) is 5.75 Å². The van der Waals surface area contributed by atoms with Gasteiger partial charge in [-0.25, -0.2) is 0 Å². The van der Waals surface area contributed by atoms with Crippen LogP contribution in [-0.4, -0.2) is 17.4 Å². The summed E-state index contributed by atoms with van der Waals surface area (Å²) >= 11 is 0. The Bertz CT molecular complexity index is 558. The molecule has 0 aliphatic heterocycles. The van der Waals surface area contributed by atoms with Crippen LogP contribution in [-0.2, 0) is 0 Å². The first kappa shape index (κ1) is 11.6. The van der Waals surface area contributed by atoms with Crippen LogP contribution < -0.4 is 0 Å². The largest absolute Gasteiger partial charge is 0.507 e. The maximum atomic E-state index is 10.2. The van der Waals surface area contributed by atoms with Crippen LogP contribution in [0.2, 0.25) is 0 Å². The summed E-state index contributed by atoms with van der Waals surface area (Å²) < 4.78 is 0.